The summed E-state index contributed by atoms with van der Waals surface area (Å²) >= 11 is 1.37. The van der Waals surface area contributed by atoms with E-state index in [9.17, 15) is 30.4 Å². The smallest absolute Gasteiger partial charge is 0.195 e. The lowest BCUT2D eigenvalue weighted by Gasteiger charge is -2.39. The Morgan fingerprint density at radius 3 is 2.12 bits per heavy atom. The molecule has 1 fully saturated rings. The van der Waals surface area contributed by atoms with Crippen LogP contribution in [0.2, 0.25) is 0 Å². The largest absolute Gasteiger partial charge is 0.497 e. The Hall–Kier alpha value is -3.64. The summed E-state index contributed by atoms with van der Waals surface area (Å²) in [5, 5.41) is 64.8. The zero-order chi connectivity index (χ0) is 35.9. The van der Waals surface area contributed by atoms with E-state index in [4.69, 9.17) is 29.3 Å². The summed E-state index contributed by atoms with van der Waals surface area (Å²) in [5.41, 5.74) is 3.41. The van der Waals surface area contributed by atoms with Gasteiger partial charge in [-0.25, -0.2) is 4.68 Å². The third-order valence-corrected chi connectivity index (χ3v) is 11.2. The summed E-state index contributed by atoms with van der Waals surface area (Å²) in [6, 6.07) is 11.0. The standard InChI is InChI=1S/C35H39N4O10S/c1-34(2)31(32(35(3,4)39(34)45)50-12-11-48-33-30(44)29(43)27(41)22(15-40)49-33)38-26-21-14-17(47-6)8-10-19(21)24-23(28(24)42)18-9-7-16(46-5)13-20(18)25(26)36-37-38/h7-10,13-14,22,27,29-30,33,40-41,43-44H,11-12,15H2,1-6H3/t22-,27-,29+,30-,33-/m1/s1. The van der Waals surface area contributed by atoms with Crippen molar-refractivity contribution in [3.63, 3.8) is 0 Å². The SMILES string of the molecule is COc1ccc2c(c1)-c1nnn(C3=C(SCCO[C@@H]4O[C@H](CO)[C@@H](O)[C@H](O)[C@H]4O)C(C)(C)N([O])C3(C)C)c1-c1cc(OC)ccc1-c1c-2c1=O. The maximum absolute atomic E-state index is 14.1. The number of hydrogen-bond acceptors (Lipinski definition) is 13. The van der Waals surface area contributed by atoms with Crippen molar-refractivity contribution in [2.75, 3.05) is 33.2 Å². The van der Waals surface area contributed by atoms with E-state index in [-0.39, 0.29) is 12.0 Å². The number of fused-ring (bicyclic) bond motifs is 8. The molecule has 265 valence electrons. The number of benzene rings is 2. The summed E-state index contributed by atoms with van der Waals surface area (Å²) in [4.78, 5) is 14.1. The molecule has 3 aliphatic rings. The lowest BCUT2D eigenvalue weighted by Crippen LogP contribution is -2.59. The van der Waals surface area contributed by atoms with Crippen molar-refractivity contribution in [3.8, 4) is 56.3 Å². The Balaban J connectivity index is 1.34. The topological polar surface area (TPSA) is 189 Å². The molecule has 0 bridgehead atoms. The molecule has 0 amide bonds. The number of rotatable bonds is 9. The van der Waals surface area contributed by atoms with Crippen molar-refractivity contribution < 1.29 is 44.6 Å². The van der Waals surface area contributed by atoms with E-state index in [1.165, 1.54) is 11.8 Å². The number of hydroxylamine groups is 2. The molecule has 1 aliphatic carbocycles. The Labute approximate surface area is 292 Å². The van der Waals surface area contributed by atoms with Crippen LogP contribution in [0.1, 0.15) is 27.7 Å². The molecule has 14 nitrogen and oxygen atoms in total. The molecule has 1 aromatic heterocycles. The number of aromatic nitrogens is 3. The molecule has 50 heavy (non-hydrogen) atoms. The first-order chi connectivity index (χ1) is 23.8. The van der Waals surface area contributed by atoms with Crippen LogP contribution in [-0.2, 0) is 14.7 Å². The molecule has 3 aromatic carbocycles. The van der Waals surface area contributed by atoms with Gasteiger partial charge in [0.2, 0.25) is 0 Å². The Morgan fingerprint density at radius 1 is 0.880 bits per heavy atom. The van der Waals surface area contributed by atoms with Crippen molar-refractivity contribution in [3.05, 3.63) is 51.5 Å². The number of thioether (sulfide) groups is 1. The molecule has 5 atom stereocenters. The second-order valence-corrected chi connectivity index (χ2v) is 14.7. The minimum Gasteiger partial charge on any atom is -0.497 e. The maximum Gasteiger partial charge on any atom is 0.195 e. The summed E-state index contributed by atoms with van der Waals surface area (Å²) in [7, 11) is 3.13. The molecule has 4 aromatic rings. The van der Waals surface area contributed by atoms with Gasteiger partial charge in [0, 0.05) is 32.9 Å². The highest BCUT2D eigenvalue weighted by molar-refractivity contribution is 8.03. The maximum atomic E-state index is 14.1. The van der Waals surface area contributed by atoms with Gasteiger partial charge in [0.05, 0.1) is 44.2 Å². The van der Waals surface area contributed by atoms with E-state index in [0.29, 0.717) is 72.6 Å². The van der Waals surface area contributed by atoms with Crippen LogP contribution in [-0.4, -0.2) is 115 Å². The van der Waals surface area contributed by atoms with Gasteiger partial charge in [0.15, 0.2) is 11.7 Å². The molecular formula is C35H39N4O10S. The highest BCUT2D eigenvalue weighted by Gasteiger charge is 2.54. The van der Waals surface area contributed by atoms with Gasteiger partial charge >= 0.3 is 0 Å². The van der Waals surface area contributed by atoms with Crippen molar-refractivity contribution in [1.29, 1.82) is 0 Å². The molecule has 3 heterocycles. The fourth-order valence-corrected chi connectivity index (χ4v) is 8.54. The van der Waals surface area contributed by atoms with E-state index >= 15 is 0 Å². The second kappa shape index (κ2) is 12.5. The van der Waals surface area contributed by atoms with Crippen LogP contribution in [0.4, 0.5) is 0 Å². The first kappa shape index (κ1) is 34.8. The minimum absolute atomic E-state index is 0.0290. The normalized spacial score (nSPS) is 25.5. The van der Waals surface area contributed by atoms with Crippen molar-refractivity contribution in [2.24, 2.45) is 0 Å². The Bertz CT molecular complexity index is 1990. The highest BCUT2D eigenvalue weighted by Crippen LogP contribution is 2.55. The molecule has 7 rings (SSSR count). The number of ether oxygens (including phenoxy) is 4. The van der Waals surface area contributed by atoms with Crippen LogP contribution in [0.25, 0.3) is 50.5 Å². The Kier molecular flexibility index (Phi) is 8.73. The molecular weight excluding hydrogens is 668 g/mol. The van der Waals surface area contributed by atoms with E-state index in [0.717, 1.165) is 5.06 Å². The van der Waals surface area contributed by atoms with E-state index in [1.807, 2.05) is 52.0 Å². The van der Waals surface area contributed by atoms with Gasteiger partial charge in [0.25, 0.3) is 0 Å². The average Bonchev–Trinajstić information content (AvgIpc) is 3.52. The predicted octanol–water partition coefficient (Wildman–Crippen LogP) is 2.45. The monoisotopic (exact) mass is 707 g/mol. The minimum atomic E-state index is -1.56. The number of nitrogens with zero attached hydrogens (tertiary/aromatic N) is 4. The van der Waals surface area contributed by atoms with Gasteiger partial charge in [-0.2, -0.15) is 0 Å². The number of methoxy groups -OCH3 is 2. The molecule has 0 spiro atoms. The van der Waals surface area contributed by atoms with Gasteiger partial charge < -0.3 is 39.4 Å². The van der Waals surface area contributed by atoms with Gasteiger partial charge in [0.1, 0.15) is 47.3 Å². The average molecular weight is 708 g/mol. The van der Waals surface area contributed by atoms with Gasteiger partial charge in [-0.05, 0) is 75.2 Å². The first-order valence-corrected chi connectivity index (χ1v) is 17.2. The van der Waals surface area contributed by atoms with Crippen molar-refractivity contribution in [2.45, 2.75) is 69.5 Å². The highest BCUT2D eigenvalue weighted by atomic mass is 32.2. The predicted molar refractivity (Wildman–Crippen MR) is 183 cm³/mol. The third-order valence-electron chi connectivity index (χ3n) is 9.85. The number of aliphatic hydroxyl groups excluding tert-OH is 4. The molecule has 1 saturated heterocycles. The molecule has 0 saturated carbocycles. The van der Waals surface area contributed by atoms with Gasteiger partial charge in [-0.15, -0.1) is 27.1 Å². The van der Waals surface area contributed by atoms with E-state index in [1.54, 1.807) is 31.0 Å². The number of aliphatic hydroxyl groups is 4. The van der Waals surface area contributed by atoms with Crippen LogP contribution >= 0.6 is 11.8 Å². The summed E-state index contributed by atoms with van der Waals surface area (Å²) in [6.07, 6.45) is -6.98. The van der Waals surface area contributed by atoms with Crippen LogP contribution in [0.3, 0.4) is 0 Å². The zero-order valence-electron chi connectivity index (χ0n) is 28.4. The zero-order valence-corrected chi connectivity index (χ0v) is 29.2. The summed E-state index contributed by atoms with van der Waals surface area (Å²) < 4.78 is 24.1. The van der Waals surface area contributed by atoms with Gasteiger partial charge in [-0.3, -0.25) is 4.79 Å². The fourth-order valence-electron chi connectivity index (χ4n) is 7.24. The van der Waals surface area contributed by atoms with Crippen molar-refractivity contribution in [1.82, 2.24) is 20.1 Å². The van der Waals surface area contributed by atoms with Crippen LogP contribution in [0.15, 0.2) is 46.1 Å². The lowest BCUT2D eigenvalue weighted by atomic mass is 9.91. The molecule has 15 heteroatoms. The fraction of sp³-hybridized carbons (Fsp3) is 0.457. The second-order valence-electron chi connectivity index (χ2n) is 13.6. The molecule has 0 unspecified atom stereocenters. The van der Waals surface area contributed by atoms with E-state index in [2.05, 4.69) is 0 Å². The quantitative estimate of drug-likeness (QED) is 0.164. The summed E-state index contributed by atoms with van der Waals surface area (Å²) in [5.74, 6) is 1.44. The van der Waals surface area contributed by atoms with Gasteiger partial charge in [-0.1, -0.05) is 5.21 Å². The van der Waals surface area contributed by atoms with Crippen LogP contribution in [0.5, 0.6) is 11.5 Å². The third kappa shape index (κ3) is 5.22. The lowest BCUT2D eigenvalue weighted by molar-refractivity contribution is -0.299. The Morgan fingerprint density at radius 2 is 1.50 bits per heavy atom. The number of hydrogen-bond donors (Lipinski definition) is 4. The summed E-state index contributed by atoms with van der Waals surface area (Å²) in [6.45, 7) is 6.75. The molecule has 4 N–H and O–H groups in total. The van der Waals surface area contributed by atoms with Crippen molar-refractivity contribution >= 4 is 17.5 Å². The molecule has 1 radical (unpaired) electrons. The van der Waals surface area contributed by atoms with Crippen LogP contribution < -0.4 is 14.9 Å². The molecule has 2 aliphatic heterocycles. The first-order valence-electron chi connectivity index (χ1n) is 16.2. The van der Waals surface area contributed by atoms with Crippen LogP contribution in [0, 0.1) is 0 Å². The van der Waals surface area contributed by atoms with E-state index < -0.39 is 48.4 Å².